The van der Waals surface area contributed by atoms with Crippen molar-refractivity contribution in [2.45, 2.75) is 18.9 Å². The fraction of sp³-hybridized carbons (Fsp3) is 0.462. The Morgan fingerprint density at radius 1 is 1.50 bits per heavy atom. The summed E-state index contributed by atoms with van der Waals surface area (Å²) in [6, 6.07) is 6.11. The number of nitrogens with one attached hydrogen (secondary N) is 1. The quantitative estimate of drug-likeness (QED) is 0.833. The van der Waals surface area contributed by atoms with E-state index < -0.39 is 0 Å². The van der Waals surface area contributed by atoms with Gasteiger partial charge in [-0.1, -0.05) is 6.07 Å². The fourth-order valence-corrected chi connectivity index (χ4v) is 2.17. The van der Waals surface area contributed by atoms with Crippen molar-refractivity contribution in [1.82, 2.24) is 9.88 Å². The third-order valence-corrected chi connectivity index (χ3v) is 3.26. The van der Waals surface area contributed by atoms with Crippen LogP contribution in [0.4, 0.5) is 0 Å². The molecule has 18 heavy (non-hydrogen) atoms. The molecule has 2 aromatic rings. The molecule has 0 amide bonds. The van der Waals surface area contributed by atoms with E-state index in [9.17, 15) is 4.79 Å². The minimum Gasteiger partial charge on any atom is -0.408 e. The van der Waals surface area contributed by atoms with Crippen molar-refractivity contribution in [3.63, 3.8) is 0 Å². The number of hydrogen-bond acceptors (Lipinski definition) is 4. The second kappa shape index (κ2) is 5.37. The van der Waals surface area contributed by atoms with Gasteiger partial charge in [-0.3, -0.25) is 4.57 Å². The first-order chi connectivity index (χ1) is 8.67. The molecule has 1 heterocycles. The van der Waals surface area contributed by atoms with Crippen LogP contribution in [0.1, 0.15) is 24.4 Å². The molecule has 0 saturated carbocycles. The van der Waals surface area contributed by atoms with Gasteiger partial charge in [-0.05, 0) is 44.1 Å². The maximum atomic E-state index is 11.4. The maximum absolute atomic E-state index is 11.4. The third-order valence-electron chi connectivity index (χ3n) is 3.26. The number of aryl methyl sites for hydroxylation is 1. The average molecular weight is 249 g/mol. The normalized spacial score (nSPS) is 13.1. The highest BCUT2D eigenvalue weighted by atomic mass is 16.4. The molecule has 0 radical (unpaired) electrons. The summed E-state index contributed by atoms with van der Waals surface area (Å²) in [6.45, 7) is 0.681. The van der Waals surface area contributed by atoms with E-state index in [1.54, 1.807) is 7.05 Å². The summed E-state index contributed by atoms with van der Waals surface area (Å²) < 4.78 is 6.70. The van der Waals surface area contributed by atoms with E-state index >= 15 is 0 Å². The minimum atomic E-state index is -0.329. The molecule has 98 valence electrons. The molecule has 5 nitrogen and oxygen atoms in total. The smallest absolute Gasteiger partial charge is 0.408 e. The van der Waals surface area contributed by atoms with E-state index in [4.69, 9.17) is 10.2 Å². The third kappa shape index (κ3) is 2.32. The number of fused-ring (bicyclic) bond motifs is 1. The lowest BCUT2D eigenvalue weighted by atomic mass is 10.0. The van der Waals surface area contributed by atoms with Crippen LogP contribution >= 0.6 is 0 Å². The molecule has 0 aliphatic heterocycles. The Morgan fingerprint density at radius 2 is 2.28 bits per heavy atom. The highest BCUT2D eigenvalue weighted by Gasteiger charge is 2.12. The Morgan fingerprint density at radius 3 is 2.94 bits per heavy atom. The molecule has 0 aliphatic carbocycles. The van der Waals surface area contributed by atoms with Gasteiger partial charge in [-0.15, -0.1) is 0 Å². The lowest BCUT2D eigenvalue weighted by molar-refractivity contribution is 0.520. The van der Waals surface area contributed by atoms with Gasteiger partial charge in [0.1, 0.15) is 0 Å². The number of nitrogens with two attached hydrogens (primary N) is 1. The standard InChI is InChI=1S/C13H19N3O2/c1-15-10(4-3-7-14)9-5-6-11-12(8-9)18-13(17)16(11)2/h5-6,8,10,15H,3-4,7,14H2,1-2H3. The van der Waals surface area contributed by atoms with Gasteiger partial charge in [0.05, 0.1) is 5.52 Å². The van der Waals surface area contributed by atoms with Gasteiger partial charge in [0, 0.05) is 13.1 Å². The van der Waals surface area contributed by atoms with Crippen molar-refractivity contribution in [2.24, 2.45) is 12.8 Å². The zero-order chi connectivity index (χ0) is 13.1. The second-order valence-corrected chi connectivity index (χ2v) is 4.43. The first-order valence-corrected chi connectivity index (χ1v) is 6.14. The zero-order valence-electron chi connectivity index (χ0n) is 10.8. The largest absolute Gasteiger partial charge is 0.419 e. The first kappa shape index (κ1) is 12.9. The zero-order valence-corrected chi connectivity index (χ0v) is 10.8. The minimum absolute atomic E-state index is 0.239. The number of aromatic nitrogens is 1. The Hall–Kier alpha value is -1.59. The van der Waals surface area contributed by atoms with Crippen molar-refractivity contribution in [3.8, 4) is 0 Å². The van der Waals surface area contributed by atoms with Crippen LogP contribution in [0.3, 0.4) is 0 Å². The predicted octanol–water partition coefficient (Wildman–Crippen LogP) is 1.13. The Balaban J connectivity index is 2.36. The van der Waals surface area contributed by atoms with Crippen molar-refractivity contribution < 1.29 is 4.42 Å². The number of oxazole rings is 1. The van der Waals surface area contributed by atoms with Gasteiger partial charge in [-0.2, -0.15) is 0 Å². The van der Waals surface area contributed by atoms with Gasteiger partial charge in [0.15, 0.2) is 5.58 Å². The topological polar surface area (TPSA) is 73.2 Å². The fourth-order valence-electron chi connectivity index (χ4n) is 2.17. The van der Waals surface area contributed by atoms with Crippen LogP contribution in [0.2, 0.25) is 0 Å². The van der Waals surface area contributed by atoms with Crippen molar-refractivity contribution >= 4 is 11.1 Å². The summed E-state index contributed by atoms with van der Waals surface area (Å²) in [4.78, 5) is 11.4. The lowest BCUT2D eigenvalue weighted by Gasteiger charge is -2.15. The van der Waals surface area contributed by atoms with Gasteiger partial charge >= 0.3 is 5.76 Å². The Bertz CT molecular complexity index is 585. The van der Waals surface area contributed by atoms with Crippen LogP contribution in [0.5, 0.6) is 0 Å². The molecule has 1 aromatic carbocycles. The van der Waals surface area contributed by atoms with E-state index in [0.717, 1.165) is 23.9 Å². The molecule has 0 fully saturated rings. The molecule has 5 heteroatoms. The van der Waals surface area contributed by atoms with Crippen LogP contribution < -0.4 is 16.8 Å². The molecule has 0 spiro atoms. The summed E-state index contributed by atoms with van der Waals surface area (Å²) in [5, 5.41) is 3.26. The molecule has 0 saturated heterocycles. The molecule has 1 aromatic heterocycles. The van der Waals surface area contributed by atoms with Gasteiger partial charge < -0.3 is 15.5 Å². The highest BCUT2D eigenvalue weighted by molar-refractivity contribution is 5.73. The SMILES string of the molecule is CNC(CCCN)c1ccc2c(c1)oc(=O)n2C. The summed E-state index contributed by atoms with van der Waals surface area (Å²) >= 11 is 0. The molecule has 3 N–H and O–H groups in total. The van der Waals surface area contributed by atoms with E-state index in [1.165, 1.54) is 4.57 Å². The second-order valence-electron chi connectivity index (χ2n) is 4.43. The van der Waals surface area contributed by atoms with Gasteiger partial charge in [-0.25, -0.2) is 4.79 Å². The molecular formula is C13H19N3O2. The van der Waals surface area contributed by atoms with E-state index in [-0.39, 0.29) is 11.8 Å². The van der Waals surface area contributed by atoms with Gasteiger partial charge in [0.25, 0.3) is 0 Å². The molecule has 0 aliphatic rings. The summed E-state index contributed by atoms with van der Waals surface area (Å²) in [5.41, 5.74) is 8.10. The number of nitrogens with zero attached hydrogens (tertiary/aromatic N) is 1. The van der Waals surface area contributed by atoms with E-state index in [0.29, 0.717) is 12.1 Å². The average Bonchev–Trinajstić information content (AvgIpc) is 2.66. The summed E-state index contributed by atoms with van der Waals surface area (Å²) in [7, 11) is 3.63. The summed E-state index contributed by atoms with van der Waals surface area (Å²) in [5.74, 6) is -0.329. The monoisotopic (exact) mass is 249 g/mol. The molecule has 1 atom stereocenters. The first-order valence-electron chi connectivity index (χ1n) is 6.14. The number of benzene rings is 1. The van der Waals surface area contributed by atoms with E-state index in [1.807, 2.05) is 25.2 Å². The Labute approximate surface area is 106 Å². The molecular weight excluding hydrogens is 230 g/mol. The lowest BCUT2D eigenvalue weighted by Crippen LogP contribution is -2.17. The van der Waals surface area contributed by atoms with Crippen LogP contribution in [-0.2, 0) is 7.05 Å². The molecule has 2 rings (SSSR count). The van der Waals surface area contributed by atoms with Crippen LogP contribution in [0, 0.1) is 0 Å². The van der Waals surface area contributed by atoms with Crippen molar-refractivity contribution in [1.29, 1.82) is 0 Å². The summed E-state index contributed by atoms with van der Waals surface area (Å²) in [6.07, 6.45) is 1.93. The highest BCUT2D eigenvalue weighted by Crippen LogP contribution is 2.22. The molecule has 0 bridgehead atoms. The number of hydrogen-bond donors (Lipinski definition) is 2. The van der Waals surface area contributed by atoms with Crippen LogP contribution in [-0.4, -0.2) is 18.2 Å². The van der Waals surface area contributed by atoms with Crippen LogP contribution in [0.15, 0.2) is 27.4 Å². The number of rotatable bonds is 5. The van der Waals surface area contributed by atoms with Crippen LogP contribution in [0.25, 0.3) is 11.1 Å². The van der Waals surface area contributed by atoms with E-state index in [2.05, 4.69) is 5.32 Å². The molecule has 1 unspecified atom stereocenters. The maximum Gasteiger partial charge on any atom is 0.419 e. The van der Waals surface area contributed by atoms with Crippen molar-refractivity contribution in [2.75, 3.05) is 13.6 Å². The van der Waals surface area contributed by atoms with Gasteiger partial charge in [0.2, 0.25) is 0 Å². The van der Waals surface area contributed by atoms with Crippen molar-refractivity contribution in [3.05, 3.63) is 34.3 Å². The predicted molar refractivity (Wildman–Crippen MR) is 71.5 cm³/mol. The Kier molecular flexibility index (Phi) is 3.84.